The number of imidazole rings is 1. The lowest BCUT2D eigenvalue weighted by atomic mass is 9.87. The highest BCUT2D eigenvalue weighted by molar-refractivity contribution is 5.86. The number of nitrogens with one attached hydrogen (secondary N) is 1. The van der Waals surface area contributed by atoms with E-state index >= 15 is 0 Å². The Labute approximate surface area is 122 Å². The van der Waals surface area contributed by atoms with Crippen molar-refractivity contribution < 1.29 is 4.79 Å². The van der Waals surface area contributed by atoms with Gasteiger partial charge < -0.3 is 10.7 Å². The fraction of sp³-hybridized carbons (Fsp3) is 0.750. The maximum Gasteiger partial charge on any atom is 0.152 e. The van der Waals surface area contributed by atoms with E-state index in [0.29, 0.717) is 6.42 Å². The zero-order valence-corrected chi connectivity index (χ0v) is 12.9. The second-order valence-corrected chi connectivity index (χ2v) is 5.62. The van der Waals surface area contributed by atoms with Crippen molar-refractivity contribution in [1.29, 1.82) is 0 Å². The number of aromatic amines is 1. The second kappa shape index (κ2) is 9.70. The average Bonchev–Trinajstić information content (AvgIpc) is 2.94. The summed E-state index contributed by atoms with van der Waals surface area (Å²) >= 11 is 0. The summed E-state index contributed by atoms with van der Waals surface area (Å²) in [4.78, 5) is 19.4. The predicted octanol–water partition coefficient (Wildman–Crippen LogP) is 3.24. The minimum absolute atomic E-state index is 0.134. The number of carbonyl (C=O) groups excluding carboxylic acids is 1. The molecule has 1 aromatic rings. The average molecular weight is 279 g/mol. The van der Waals surface area contributed by atoms with Crippen LogP contribution in [0.15, 0.2) is 12.5 Å². The maximum atomic E-state index is 12.5. The minimum atomic E-state index is -0.404. The van der Waals surface area contributed by atoms with Crippen LogP contribution in [0.25, 0.3) is 0 Å². The Balaban J connectivity index is 2.44. The Kier molecular flexibility index (Phi) is 8.19. The van der Waals surface area contributed by atoms with E-state index in [0.717, 1.165) is 31.4 Å². The second-order valence-electron chi connectivity index (χ2n) is 5.62. The van der Waals surface area contributed by atoms with Crippen LogP contribution < -0.4 is 5.73 Å². The number of Topliss-reactive ketones (excluding diaryl/α,β-unsaturated/α-hetero) is 1. The number of aromatic nitrogens is 2. The zero-order valence-electron chi connectivity index (χ0n) is 12.9. The monoisotopic (exact) mass is 279 g/mol. The summed E-state index contributed by atoms with van der Waals surface area (Å²) in [5, 5.41) is 0. The van der Waals surface area contributed by atoms with Crippen molar-refractivity contribution in [3.63, 3.8) is 0 Å². The van der Waals surface area contributed by atoms with Crippen molar-refractivity contribution in [1.82, 2.24) is 9.97 Å². The molecule has 4 nitrogen and oxygen atoms in total. The van der Waals surface area contributed by atoms with Gasteiger partial charge in [0, 0.05) is 24.2 Å². The summed E-state index contributed by atoms with van der Waals surface area (Å²) in [5.74, 6) is 0.354. The Hall–Kier alpha value is -1.16. The molecular weight excluding hydrogens is 250 g/mol. The van der Waals surface area contributed by atoms with E-state index < -0.39 is 6.04 Å². The third-order valence-electron chi connectivity index (χ3n) is 3.81. The first-order valence-corrected chi connectivity index (χ1v) is 7.95. The first-order valence-electron chi connectivity index (χ1n) is 7.95. The van der Waals surface area contributed by atoms with Crippen LogP contribution in [0.3, 0.4) is 0 Å². The number of hydrogen-bond acceptors (Lipinski definition) is 3. The first kappa shape index (κ1) is 16.9. The van der Waals surface area contributed by atoms with Gasteiger partial charge >= 0.3 is 0 Å². The molecule has 4 heteroatoms. The van der Waals surface area contributed by atoms with Gasteiger partial charge in [-0.05, 0) is 12.8 Å². The molecule has 0 saturated heterocycles. The topological polar surface area (TPSA) is 71.8 Å². The number of ketones is 1. The van der Waals surface area contributed by atoms with Crippen LogP contribution in [0.2, 0.25) is 0 Å². The quantitative estimate of drug-likeness (QED) is 0.611. The number of H-pyrrole nitrogens is 1. The van der Waals surface area contributed by atoms with Gasteiger partial charge in [-0.3, -0.25) is 4.79 Å². The molecule has 0 aliphatic heterocycles. The van der Waals surface area contributed by atoms with Gasteiger partial charge in [0.2, 0.25) is 0 Å². The number of carbonyl (C=O) groups is 1. The molecule has 0 aliphatic rings. The number of rotatable bonds is 11. The highest BCUT2D eigenvalue weighted by atomic mass is 16.1. The highest BCUT2D eigenvalue weighted by Crippen LogP contribution is 2.19. The van der Waals surface area contributed by atoms with Gasteiger partial charge in [-0.15, -0.1) is 0 Å². The molecule has 0 spiro atoms. The molecule has 1 heterocycles. The van der Waals surface area contributed by atoms with Gasteiger partial charge in [-0.2, -0.15) is 0 Å². The van der Waals surface area contributed by atoms with Crippen molar-refractivity contribution in [2.24, 2.45) is 11.7 Å². The van der Waals surface area contributed by atoms with Crippen molar-refractivity contribution in [3.05, 3.63) is 18.2 Å². The summed E-state index contributed by atoms with van der Waals surface area (Å²) < 4.78 is 0. The lowest BCUT2D eigenvalue weighted by Gasteiger charge is -2.19. The number of hydrogen-bond donors (Lipinski definition) is 2. The molecule has 0 amide bonds. The van der Waals surface area contributed by atoms with Crippen molar-refractivity contribution in [3.8, 4) is 0 Å². The largest absolute Gasteiger partial charge is 0.348 e. The van der Waals surface area contributed by atoms with Gasteiger partial charge in [0.05, 0.1) is 12.4 Å². The van der Waals surface area contributed by atoms with E-state index in [1.165, 1.54) is 19.3 Å². The molecule has 1 rings (SSSR count). The molecule has 0 radical (unpaired) electrons. The third-order valence-corrected chi connectivity index (χ3v) is 3.81. The van der Waals surface area contributed by atoms with Gasteiger partial charge in [-0.1, -0.05) is 46.0 Å². The zero-order chi connectivity index (χ0) is 14.8. The van der Waals surface area contributed by atoms with Crippen molar-refractivity contribution in [2.75, 3.05) is 0 Å². The third kappa shape index (κ3) is 5.87. The number of nitrogens with two attached hydrogens (primary N) is 1. The van der Waals surface area contributed by atoms with Crippen LogP contribution >= 0.6 is 0 Å². The van der Waals surface area contributed by atoms with E-state index in [2.05, 4.69) is 23.8 Å². The van der Waals surface area contributed by atoms with E-state index in [9.17, 15) is 4.79 Å². The van der Waals surface area contributed by atoms with E-state index in [-0.39, 0.29) is 11.7 Å². The molecule has 114 valence electrons. The van der Waals surface area contributed by atoms with Crippen LogP contribution in [0.5, 0.6) is 0 Å². The molecule has 0 aliphatic carbocycles. The Morgan fingerprint density at radius 2 is 2.05 bits per heavy atom. The lowest BCUT2D eigenvalue weighted by molar-refractivity contribution is -0.124. The molecular formula is C16H29N3O. The predicted molar refractivity (Wildman–Crippen MR) is 82.4 cm³/mol. The summed E-state index contributed by atoms with van der Waals surface area (Å²) in [6.45, 7) is 4.34. The van der Waals surface area contributed by atoms with Gasteiger partial charge in [0.25, 0.3) is 0 Å². The van der Waals surface area contributed by atoms with Crippen LogP contribution in [0.4, 0.5) is 0 Å². The summed E-state index contributed by atoms with van der Waals surface area (Å²) in [6.07, 6.45) is 11.8. The van der Waals surface area contributed by atoms with Gasteiger partial charge in [0.1, 0.15) is 0 Å². The molecule has 0 saturated carbocycles. The Morgan fingerprint density at radius 3 is 2.65 bits per heavy atom. The van der Waals surface area contributed by atoms with Crippen LogP contribution in [0.1, 0.15) is 64.5 Å². The fourth-order valence-corrected chi connectivity index (χ4v) is 2.63. The number of nitrogens with zero attached hydrogens (tertiary/aromatic N) is 1. The summed E-state index contributed by atoms with van der Waals surface area (Å²) in [5.41, 5.74) is 7.01. The normalized spacial score (nSPS) is 14.2. The molecule has 0 bridgehead atoms. The fourth-order valence-electron chi connectivity index (χ4n) is 2.63. The molecule has 0 aromatic carbocycles. The van der Waals surface area contributed by atoms with Crippen LogP contribution in [-0.4, -0.2) is 21.8 Å². The van der Waals surface area contributed by atoms with E-state index in [1.807, 2.05) is 0 Å². The van der Waals surface area contributed by atoms with Gasteiger partial charge in [0.15, 0.2) is 5.78 Å². The first-order chi connectivity index (χ1) is 9.69. The van der Waals surface area contributed by atoms with E-state index in [1.54, 1.807) is 12.5 Å². The molecule has 2 atom stereocenters. The lowest BCUT2D eigenvalue weighted by Crippen LogP contribution is -2.37. The molecule has 3 N–H and O–H groups in total. The smallest absolute Gasteiger partial charge is 0.152 e. The Morgan fingerprint density at radius 1 is 1.25 bits per heavy atom. The van der Waals surface area contributed by atoms with Gasteiger partial charge in [-0.25, -0.2) is 4.98 Å². The summed E-state index contributed by atoms with van der Waals surface area (Å²) in [7, 11) is 0. The van der Waals surface area contributed by atoms with E-state index in [4.69, 9.17) is 5.73 Å². The van der Waals surface area contributed by atoms with Crippen molar-refractivity contribution >= 4 is 5.78 Å². The highest BCUT2D eigenvalue weighted by Gasteiger charge is 2.23. The maximum absolute atomic E-state index is 12.5. The molecule has 1 aromatic heterocycles. The Bertz CT molecular complexity index is 362. The SMILES string of the molecule is CCCCCCC(CCC)C(=O)[C@H](N)Cc1cnc[nH]1. The van der Waals surface area contributed by atoms with Crippen LogP contribution in [-0.2, 0) is 11.2 Å². The summed E-state index contributed by atoms with van der Waals surface area (Å²) in [6, 6.07) is -0.404. The van der Waals surface area contributed by atoms with Crippen molar-refractivity contribution in [2.45, 2.75) is 71.3 Å². The molecule has 0 fully saturated rings. The molecule has 1 unspecified atom stereocenters. The minimum Gasteiger partial charge on any atom is -0.348 e. The number of unbranched alkanes of at least 4 members (excludes halogenated alkanes) is 3. The molecule has 20 heavy (non-hydrogen) atoms. The standard InChI is InChI=1S/C16H29N3O/c1-3-5-6-7-9-13(8-4-2)16(20)15(17)10-14-11-18-12-19-14/h11-13,15H,3-10,17H2,1-2H3,(H,18,19)/t13?,15-/m1/s1. The van der Waals surface area contributed by atoms with Crippen LogP contribution in [0, 0.1) is 5.92 Å².